The zero-order chi connectivity index (χ0) is 22.8. The number of morpholine rings is 1. The van der Waals surface area contributed by atoms with E-state index in [1.165, 1.54) is 23.1 Å². The number of hydrogen-bond acceptors (Lipinski definition) is 6. The minimum atomic E-state index is -3.15. The third kappa shape index (κ3) is 4.83. The van der Waals surface area contributed by atoms with Gasteiger partial charge in [0.1, 0.15) is 6.61 Å². The number of nitrogens with one attached hydrogen (secondary N) is 1. The van der Waals surface area contributed by atoms with Crippen LogP contribution < -0.4 is 20.7 Å². The molecule has 3 aliphatic rings. The van der Waals surface area contributed by atoms with Crippen LogP contribution >= 0.6 is 0 Å². The summed E-state index contributed by atoms with van der Waals surface area (Å²) in [4.78, 5) is 40.6. The van der Waals surface area contributed by atoms with Crippen molar-refractivity contribution < 1.29 is 32.6 Å². The lowest BCUT2D eigenvalue weighted by molar-refractivity contribution is -0.135. The molecular weight excluding hydrogens is 426 g/mol. The lowest BCUT2D eigenvalue weighted by Gasteiger charge is -2.41. The summed E-state index contributed by atoms with van der Waals surface area (Å²) in [5, 5.41) is 2.54. The summed E-state index contributed by atoms with van der Waals surface area (Å²) in [5.41, 5.74) is 5.89. The van der Waals surface area contributed by atoms with Crippen molar-refractivity contribution in [2.24, 2.45) is 5.73 Å². The lowest BCUT2D eigenvalue weighted by atomic mass is 9.89. The number of anilines is 2. The molecule has 2 saturated carbocycles. The Balaban J connectivity index is 1.57. The number of carbonyl (C=O) groups excluding carboxylic acids is 3. The molecule has 1 aromatic carbocycles. The first-order valence-electron chi connectivity index (χ1n) is 10.7. The van der Waals surface area contributed by atoms with Gasteiger partial charge in [-0.15, -0.1) is 0 Å². The van der Waals surface area contributed by atoms with E-state index in [4.69, 9.17) is 10.5 Å². The van der Waals surface area contributed by atoms with Crippen molar-refractivity contribution in [3.8, 4) is 5.75 Å². The van der Waals surface area contributed by atoms with Crippen LogP contribution in [0.4, 0.5) is 20.2 Å². The molecule has 1 aromatic rings. The summed E-state index contributed by atoms with van der Waals surface area (Å²) in [6, 6.07) is 3.17. The van der Waals surface area contributed by atoms with Gasteiger partial charge in [0, 0.05) is 30.4 Å². The molecule has 0 bridgehead atoms. The van der Waals surface area contributed by atoms with Crippen LogP contribution in [0.3, 0.4) is 0 Å². The van der Waals surface area contributed by atoms with Gasteiger partial charge in [-0.25, -0.2) is 0 Å². The number of ether oxygens (including phenoxy) is 2. The molecule has 9 nitrogen and oxygen atoms in total. The Hall–Kier alpha value is -2.79. The van der Waals surface area contributed by atoms with Crippen LogP contribution in [0.5, 0.6) is 5.75 Å². The second-order valence-electron chi connectivity index (χ2n) is 8.21. The predicted molar refractivity (Wildman–Crippen MR) is 110 cm³/mol. The fourth-order valence-corrected chi connectivity index (χ4v) is 4.16. The Labute approximate surface area is 183 Å². The van der Waals surface area contributed by atoms with Gasteiger partial charge in [-0.2, -0.15) is 8.78 Å². The minimum Gasteiger partial charge on any atom is -0.433 e. The number of halogens is 2. The SMILES string of the molecule is NC(=O)[C@H](C(=O)Nc1ccc(N2CCOCC2=O)cc1OC(F)F)N(C1CCC1)C1CC1. The number of benzene rings is 1. The van der Waals surface area contributed by atoms with Crippen molar-refractivity contribution in [2.45, 2.75) is 56.8 Å². The number of rotatable bonds is 9. The summed E-state index contributed by atoms with van der Waals surface area (Å²) >= 11 is 0. The molecule has 4 rings (SSSR count). The third-order valence-corrected chi connectivity index (χ3v) is 6.02. The van der Waals surface area contributed by atoms with Gasteiger partial charge in [-0.1, -0.05) is 6.42 Å². The molecule has 174 valence electrons. The van der Waals surface area contributed by atoms with Gasteiger partial charge >= 0.3 is 6.61 Å². The smallest absolute Gasteiger partial charge is 0.387 e. The van der Waals surface area contributed by atoms with E-state index in [1.54, 1.807) is 0 Å². The van der Waals surface area contributed by atoms with E-state index >= 15 is 0 Å². The quantitative estimate of drug-likeness (QED) is 0.549. The van der Waals surface area contributed by atoms with Gasteiger partial charge in [0.15, 0.2) is 11.8 Å². The summed E-state index contributed by atoms with van der Waals surface area (Å²) in [5.74, 6) is -2.10. The van der Waals surface area contributed by atoms with Crippen molar-refractivity contribution in [3.05, 3.63) is 18.2 Å². The van der Waals surface area contributed by atoms with Crippen LogP contribution in [0, 0.1) is 0 Å². The Kier molecular flexibility index (Phi) is 6.56. The van der Waals surface area contributed by atoms with Crippen molar-refractivity contribution in [3.63, 3.8) is 0 Å². The molecule has 32 heavy (non-hydrogen) atoms. The van der Waals surface area contributed by atoms with Crippen molar-refractivity contribution in [2.75, 3.05) is 30.0 Å². The van der Waals surface area contributed by atoms with E-state index in [2.05, 4.69) is 10.1 Å². The Morgan fingerprint density at radius 2 is 1.94 bits per heavy atom. The normalized spacial score (nSPS) is 20.2. The fourth-order valence-electron chi connectivity index (χ4n) is 4.16. The number of carbonyl (C=O) groups is 3. The maximum atomic E-state index is 13.1. The number of nitrogens with zero attached hydrogens (tertiary/aromatic N) is 2. The number of alkyl halides is 2. The molecule has 11 heteroatoms. The van der Waals surface area contributed by atoms with Crippen LogP contribution in [0.1, 0.15) is 32.1 Å². The molecule has 3 N–H and O–H groups in total. The minimum absolute atomic E-state index is 0.0321. The molecule has 0 spiro atoms. The largest absolute Gasteiger partial charge is 0.433 e. The van der Waals surface area contributed by atoms with Crippen LogP contribution in [0.25, 0.3) is 0 Å². The van der Waals surface area contributed by atoms with Gasteiger partial charge in [-0.3, -0.25) is 19.3 Å². The molecule has 1 atom stereocenters. The van der Waals surface area contributed by atoms with Gasteiger partial charge in [0.25, 0.3) is 11.8 Å². The molecule has 1 heterocycles. The zero-order valence-electron chi connectivity index (χ0n) is 17.5. The fraction of sp³-hybridized carbons (Fsp3) is 0.571. The van der Waals surface area contributed by atoms with E-state index in [0.717, 1.165) is 32.1 Å². The zero-order valence-corrected chi connectivity index (χ0v) is 17.5. The second-order valence-corrected chi connectivity index (χ2v) is 8.21. The molecule has 1 aliphatic heterocycles. The van der Waals surface area contributed by atoms with E-state index in [-0.39, 0.29) is 42.6 Å². The summed E-state index contributed by atoms with van der Waals surface area (Å²) < 4.78 is 35.8. The molecule has 0 radical (unpaired) electrons. The number of amides is 3. The maximum absolute atomic E-state index is 13.1. The molecule has 3 amide bonds. The first kappa shape index (κ1) is 22.4. The second kappa shape index (κ2) is 9.37. The molecule has 0 aromatic heterocycles. The molecule has 0 unspecified atom stereocenters. The summed E-state index contributed by atoms with van der Waals surface area (Å²) in [6.07, 6.45) is 4.56. The van der Waals surface area contributed by atoms with Gasteiger partial charge in [-0.05, 0) is 37.8 Å². The monoisotopic (exact) mass is 452 g/mol. The van der Waals surface area contributed by atoms with Crippen molar-refractivity contribution in [1.82, 2.24) is 4.90 Å². The molecular formula is C21H26F2N4O5. The topological polar surface area (TPSA) is 114 Å². The number of hydrogen-bond donors (Lipinski definition) is 2. The van der Waals surface area contributed by atoms with E-state index in [9.17, 15) is 23.2 Å². The van der Waals surface area contributed by atoms with Gasteiger partial charge in [0.2, 0.25) is 5.91 Å². The third-order valence-electron chi connectivity index (χ3n) is 6.02. The van der Waals surface area contributed by atoms with Gasteiger partial charge < -0.3 is 25.4 Å². The highest BCUT2D eigenvalue weighted by Crippen LogP contribution is 2.38. The van der Waals surface area contributed by atoms with Crippen LogP contribution in [-0.4, -0.2) is 67.1 Å². The average molecular weight is 452 g/mol. The number of nitrogens with two attached hydrogens (primary N) is 1. The predicted octanol–water partition coefficient (Wildman–Crippen LogP) is 1.46. The summed E-state index contributed by atoms with van der Waals surface area (Å²) in [6.45, 7) is -2.68. The van der Waals surface area contributed by atoms with E-state index in [1.807, 2.05) is 4.90 Å². The lowest BCUT2D eigenvalue weighted by Crippen LogP contribution is -2.58. The Bertz CT molecular complexity index is 891. The molecule has 3 fully saturated rings. The highest BCUT2D eigenvalue weighted by molar-refractivity contribution is 6.10. The number of primary amides is 1. The average Bonchev–Trinajstić information content (AvgIpc) is 3.52. The van der Waals surface area contributed by atoms with Crippen LogP contribution in [0.2, 0.25) is 0 Å². The van der Waals surface area contributed by atoms with Crippen molar-refractivity contribution in [1.29, 1.82) is 0 Å². The van der Waals surface area contributed by atoms with Gasteiger partial charge in [0.05, 0.1) is 12.3 Å². The molecule has 1 saturated heterocycles. The summed E-state index contributed by atoms with van der Waals surface area (Å²) in [7, 11) is 0. The van der Waals surface area contributed by atoms with E-state index < -0.39 is 24.5 Å². The first-order chi connectivity index (χ1) is 15.3. The van der Waals surface area contributed by atoms with Crippen molar-refractivity contribution >= 4 is 29.1 Å². The highest BCUT2D eigenvalue weighted by atomic mass is 19.3. The highest BCUT2D eigenvalue weighted by Gasteiger charge is 2.45. The maximum Gasteiger partial charge on any atom is 0.387 e. The van der Waals surface area contributed by atoms with Crippen LogP contribution in [-0.2, 0) is 19.1 Å². The Morgan fingerprint density at radius 3 is 2.50 bits per heavy atom. The first-order valence-corrected chi connectivity index (χ1v) is 10.7. The Morgan fingerprint density at radius 1 is 1.22 bits per heavy atom. The molecule has 2 aliphatic carbocycles. The standard InChI is InChI=1S/C21H26F2N4O5/c22-21(23)32-16-10-14(26-8-9-31-11-17(26)28)6-7-15(16)25-20(30)18(19(24)29)27(13-4-5-13)12-2-1-3-12/h6-7,10,12-13,18,21H,1-5,8-9,11H2,(H2,24,29)(H,25,30)/t18-/m1/s1. The van der Waals surface area contributed by atoms with E-state index in [0.29, 0.717) is 12.3 Å². The van der Waals surface area contributed by atoms with Crippen LogP contribution in [0.15, 0.2) is 18.2 Å².